The maximum Gasteiger partial charge on any atom is 0.265 e. The molecule has 0 spiro atoms. The summed E-state index contributed by atoms with van der Waals surface area (Å²) in [4.78, 5) is 28.1. The van der Waals surface area contributed by atoms with Crippen molar-refractivity contribution in [2.24, 2.45) is 5.92 Å². The number of anilines is 1. The summed E-state index contributed by atoms with van der Waals surface area (Å²) >= 11 is 12.2. The van der Waals surface area contributed by atoms with Crippen LogP contribution in [-0.2, 0) is 26.2 Å². The van der Waals surface area contributed by atoms with Crippen molar-refractivity contribution in [1.82, 2.24) is 10.2 Å². The van der Waals surface area contributed by atoms with Gasteiger partial charge in [0.05, 0.1) is 20.6 Å². The van der Waals surface area contributed by atoms with E-state index in [0.29, 0.717) is 34.1 Å². The number of carbonyl (C=O) groups excluding carboxylic acids is 2. The molecule has 1 heterocycles. The van der Waals surface area contributed by atoms with Gasteiger partial charge in [-0.15, -0.1) is 0 Å². The molecular formula is C28H31Cl2N3O4S. The van der Waals surface area contributed by atoms with E-state index in [4.69, 9.17) is 23.2 Å². The van der Waals surface area contributed by atoms with E-state index in [1.54, 1.807) is 43.3 Å². The number of rotatable bonds is 10. The molecule has 1 aliphatic rings. The Morgan fingerprint density at radius 1 is 1.00 bits per heavy atom. The van der Waals surface area contributed by atoms with E-state index < -0.39 is 16.1 Å². The van der Waals surface area contributed by atoms with E-state index in [1.807, 2.05) is 32.0 Å². The third-order valence-electron chi connectivity index (χ3n) is 6.62. The maximum absolute atomic E-state index is 13.4. The first-order valence-corrected chi connectivity index (χ1v) is 14.8. The largest absolute Gasteiger partial charge is 0.354 e. The molecule has 38 heavy (non-hydrogen) atoms. The number of sulfonamides is 1. The first-order valence-electron chi connectivity index (χ1n) is 12.6. The Labute approximate surface area is 233 Å². The van der Waals surface area contributed by atoms with Crippen LogP contribution in [0.15, 0.2) is 59.5 Å². The normalized spacial score (nSPS) is 14.6. The minimum absolute atomic E-state index is 0.0709. The minimum Gasteiger partial charge on any atom is -0.354 e. The molecule has 0 radical (unpaired) electrons. The van der Waals surface area contributed by atoms with Crippen LogP contribution in [0.25, 0.3) is 10.8 Å². The Morgan fingerprint density at radius 3 is 2.39 bits per heavy atom. The van der Waals surface area contributed by atoms with Gasteiger partial charge in [0.2, 0.25) is 11.8 Å². The van der Waals surface area contributed by atoms with E-state index in [-0.39, 0.29) is 42.1 Å². The summed E-state index contributed by atoms with van der Waals surface area (Å²) in [5.74, 6) is -0.242. The second kappa shape index (κ2) is 11.5. The predicted molar refractivity (Wildman–Crippen MR) is 152 cm³/mol. The molecule has 0 saturated heterocycles. The van der Waals surface area contributed by atoms with E-state index in [9.17, 15) is 18.0 Å². The third kappa shape index (κ3) is 5.77. The lowest BCUT2D eigenvalue weighted by Gasteiger charge is -2.29. The van der Waals surface area contributed by atoms with Crippen molar-refractivity contribution in [2.75, 3.05) is 17.4 Å². The number of nitrogens with one attached hydrogen (secondary N) is 1. The van der Waals surface area contributed by atoms with Gasteiger partial charge in [0.15, 0.2) is 0 Å². The van der Waals surface area contributed by atoms with Crippen LogP contribution in [0.4, 0.5) is 5.69 Å². The quantitative estimate of drug-likeness (QED) is 0.339. The molecule has 2 amide bonds. The molecular weight excluding hydrogens is 545 g/mol. The summed E-state index contributed by atoms with van der Waals surface area (Å²) in [7, 11) is -3.70. The van der Waals surface area contributed by atoms with Gasteiger partial charge in [-0.25, -0.2) is 8.42 Å². The van der Waals surface area contributed by atoms with Crippen molar-refractivity contribution < 1.29 is 18.0 Å². The Hall–Kier alpha value is -2.81. The number of amides is 2. The van der Waals surface area contributed by atoms with Crippen molar-refractivity contribution in [3.63, 3.8) is 0 Å². The minimum atomic E-state index is -3.70. The van der Waals surface area contributed by atoms with Crippen LogP contribution in [0.5, 0.6) is 0 Å². The van der Waals surface area contributed by atoms with Crippen molar-refractivity contribution >= 4 is 61.5 Å². The van der Waals surface area contributed by atoms with Crippen molar-refractivity contribution in [1.29, 1.82) is 0 Å². The topological polar surface area (TPSA) is 86.8 Å². The van der Waals surface area contributed by atoms with Crippen molar-refractivity contribution in [3.05, 3.63) is 70.2 Å². The van der Waals surface area contributed by atoms with Crippen molar-refractivity contribution in [3.8, 4) is 0 Å². The fraction of sp³-hybridized carbons (Fsp3) is 0.357. The van der Waals surface area contributed by atoms with Crippen LogP contribution in [0.3, 0.4) is 0 Å². The summed E-state index contributed by atoms with van der Waals surface area (Å²) in [6.07, 6.45) is 0.363. The highest BCUT2D eigenvalue weighted by molar-refractivity contribution is 7.93. The molecule has 0 bridgehead atoms. The van der Waals surface area contributed by atoms with Gasteiger partial charge in [0.1, 0.15) is 6.04 Å². The maximum atomic E-state index is 13.4. The molecule has 1 N–H and O–H groups in total. The number of hydrogen-bond donors (Lipinski definition) is 1. The molecule has 0 aromatic heterocycles. The fourth-order valence-electron chi connectivity index (χ4n) is 4.59. The fourth-order valence-corrected chi connectivity index (χ4v) is 6.66. The zero-order valence-corrected chi connectivity index (χ0v) is 23.9. The van der Waals surface area contributed by atoms with E-state index >= 15 is 0 Å². The van der Waals surface area contributed by atoms with Gasteiger partial charge in [-0.05, 0) is 54.5 Å². The Kier molecular flexibility index (Phi) is 8.55. The van der Waals surface area contributed by atoms with Crippen LogP contribution in [-0.4, -0.2) is 44.3 Å². The van der Waals surface area contributed by atoms with E-state index in [0.717, 1.165) is 10.9 Å². The van der Waals surface area contributed by atoms with E-state index in [2.05, 4.69) is 5.32 Å². The van der Waals surface area contributed by atoms with Gasteiger partial charge >= 0.3 is 0 Å². The summed E-state index contributed by atoms with van der Waals surface area (Å²) < 4.78 is 27.9. The molecule has 0 fully saturated rings. The highest BCUT2D eigenvalue weighted by Crippen LogP contribution is 2.42. The Morgan fingerprint density at radius 2 is 1.71 bits per heavy atom. The van der Waals surface area contributed by atoms with Gasteiger partial charge in [0.25, 0.3) is 10.0 Å². The second-order valence-electron chi connectivity index (χ2n) is 9.90. The summed E-state index contributed by atoms with van der Waals surface area (Å²) in [6.45, 7) is 6.49. The first-order chi connectivity index (χ1) is 18.0. The van der Waals surface area contributed by atoms with Gasteiger partial charge in [-0.2, -0.15) is 0 Å². The summed E-state index contributed by atoms with van der Waals surface area (Å²) in [5, 5.41) is 5.22. The van der Waals surface area contributed by atoms with Crippen LogP contribution in [0, 0.1) is 5.92 Å². The highest BCUT2D eigenvalue weighted by Gasteiger charge is 2.35. The van der Waals surface area contributed by atoms with Crippen molar-refractivity contribution in [2.45, 2.75) is 51.1 Å². The number of nitrogens with zero attached hydrogens (tertiary/aromatic N) is 2. The zero-order valence-electron chi connectivity index (χ0n) is 21.6. The lowest BCUT2D eigenvalue weighted by atomic mass is 10.1. The number of halogens is 2. The average molecular weight is 577 g/mol. The molecule has 10 heteroatoms. The number of carbonyl (C=O) groups is 2. The SMILES string of the molecule is CC(C)CNC(=O)C(C)N(Cc1ccc(Cl)c(Cl)c1)C(=O)CCCN1c2cccc3cccc(c23)S1(=O)=O. The third-order valence-corrected chi connectivity index (χ3v) is 9.22. The van der Waals surface area contributed by atoms with Crippen LogP contribution in [0.2, 0.25) is 10.0 Å². The van der Waals surface area contributed by atoms with Gasteiger partial charge in [-0.3, -0.25) is 13.9 Å². The van der Waals surface area contributed by atoms with Gasteiger partial charge < -0.3 is 10.2 Å². The standard InChI is InChI=1S/C28H31Cl2N3O4S/c1-18(2)16-31-28(35)19(3)32(17-20-12-13-22(29)23(30)15-20)26(34)11-6-14-33-24-9-4-7-21-8-5-10-25(27(21)24)38(33,36)37/h4-5,7-10,12-13,15,18-19H,6,11,14,16-17H2,1-3H3,(H,31,35). The Bertz CT molecular complexity index is 1470. The summed E-state index contributed by atoms with van der Waals surface area (Å²) in [6, 6.07) is 15.1. The van der Waals surface area contributed by atoms with Crippen LogP contribution >= 0.6 is 23.2 Å². The van der Waals surface area contributed by atoms with E-state index in [1.165, 1.54) is 9.21 Å². The molecule has 0 saturated carbocycles. The molecule has 1 unspecified atom stereocenters. The molecule has 1 aliphatic heterocycles. The van der Waals surface area contributed by atoms with Crippen LogP contribution < -0.4 is 9.62 Å². The second-order valence-corrected chi connectivity index (χ2v) is 12.5. The van der Waals surface area contributed by atoms with Gasteiger partial charge in [-0.1, -0.05) is 67.4 Å². The smallest absolute Gasteiger partial charge is 0.265 e. The molecule has 4 rings (SSSR count). The molecule has 0 aliphatic carbocycles. The summed E-state index contributed by atoms with van der Waals surface area (Å²) in [5.41, 5.74) is 1.36. The zero-order chi connectivity index (χ0) is 27.6. The highest BCUT2D eigenvalue weighted by atomic mass is 35.5. The molecule has 3 aromatic carbocycles. The van der Waals surface area contributed by atoms with Crippen LogP contribution in [0.1, 0.15) is 39.2 Å². The number of benzene rings is 3. The molecule has 202 valence electrons. The predicted octanol–water partition coefficient (Wildman–Crippen LogP) is 5.63. The molecule has 7 nitrogen and oxygen atoms in total. The van der Waals surface area contributed by atoms with Gasteiger partial charge in [0, 0.05) is 31.4 Å². The Balaban J connectivity index is 1.50. The lowest BCUT2D eigenvalue weighted by molar-refractivity contribution is -0.140. The first kappa shape index (κ1) is 28.2. The average Bonchev–Trinajstić information content (AvgIpc) is 3.10. The lowest BCUT2D eigenvalue weighted by Crippen LogP contribution is -2.48. The molecule has 1 atom stereocenters. The number of hydrogen-bond acceptors (Lipinski definition) is 4. The monoisotopic (exact) mass is 575 g/mol. The molecule has 3 aromatic rings.